The summed E-state index contributed by atoms with van der Waals surface area (Å²) in [7, 11) is 0. The number of ketones is 1. The predicted molar refractivity (Wildman–Crippen MR) is 199 cm³/mol. The lowest BCUT2D eigenvalue weighted by Gasteiger charge is -2.42. The molecule has 2 aromatic carbocycles. The van der Waals surface area contributed by atoms with Gasteiger partial charge >= 0.3 is 5.97 Å². The molecule has 2 aromatic rings. The first kappa shape index (κ1) is 41.0. The Morgan fingerprint density at radius 2 is 1.39 bits per heavy atom. The van der Waals surface area contributed by atoms with Crippen molar-refractivity contribution in [1.29, 1.82) is 0 Å². The number of aliphatic hydroxyl groups is 3. The number of nitrogens with one attached hydrogen (secondary N) is 1. The van der Waals surface area contributed by atoms with E-state index >= 15 is 0 Å². The van der Waals surface area contributed by atoms with E-state index < -0.39 is 55.0 Å². The predicted octanol–water partition coefficient (Wildman–Crippen LogP) is 6.41. The van der Waals surface area contributed by atoms with E-state index in [9.17, 15) is 29.7 Å². The molecule has 1 saturated heterocycles. The van der Waals surface area contributed by atoms with Crippen molar-refractivity contribution in [3.05, 3.63) is 132 Å². The van der Waals surface area contributed by atoms with Gasteiger partial charge in [-0.1, -0.05) is 116 Å². The summed E-state index contributed by atoms with van der Waals surface area (Å²) in [6.07, 6.45) is 21.4. The number of ether oxygens (including phenoxy) is 2. The van der Waals surface area contributed by atoms with Gasteiger partial charge < -0.3 is 30.1 Å². The number of unbranched alkanes of at least 4 members (excludes halogenated alkanes) is 1. The number of rotatable bonds is 20. The molecule has 9 nitrogen and oxygen atoms in total. The smallest absolute Gasteiger partial charge is 0.315 e. The van der Waals surface area contributed by atoms with E-state index in [0.29, 0.717) is 29.5 Å². The third-order valence-corrected chi connectivity index (χ3v) is 8.41. The van der Waals surface area contributed by atoms with E-state index in [1.165, 1.54) is 0 Å². The van der Waals surface area contributed by atoms with Gasteiger partial charge in [0.25, 0.3) is 0 Å². The molecule has 1 amide bonds. The van der Waals surface area contributed by atoms with Gasteiger partial charge in [0.1, 0.15) is 24.4 Å². The Morgan fingerprint density at radius 3 is 2.00 bits per heavy atom. The molecule has 1 aliphatic rings. The highest BCUT2D eigenvalue weighted by Crippen LogP contribution is 2.26. The molecule has 0 radical (unpaired) electrons. The number of esters is 1. The lowest BCUT2D eigenvalue weighted by atomic mass is 9.95. The van der Waals surface area contributed by atoms with E-state index in [1.807, 2.05) is 18.2 Å². The summed E-state index contributed by atoms with van der Waals surface area (Å²) in [5, 5.41) is 33.7. The minimum absolute atomic E-state index is 0.135. The maximum absolute atomic E-state index is 13.3. The van der Waals surface area contributed by atoms with Crippen molar-refractivity contribution in [2.75, 3.05) is 6.61 Å². The highest BCUT2D eigenvalue weighted by Gasteiger charge is 2.47. The molecule has 1 aliphatic heterocycles. The Labute approximate surface area is 302 Å². The first-order chi connectivity index (χ1) is 24.8. The first-order valence-electron chi connectivity index (χ1n) is 17.8. The second-order valence-corrected chi connectivity index (χ2v) is 12.4. The summed E-state index contributed by atoms with van der Waals surface area (Å²) in [4.78, 5) is 39.1. The van der Waals surface area contributed by atoms with Crippen molar-refractivity contribution in [1.82, 2.24) is 5.32 Å². The first-order valence-corrected chi connectivity index (χ1v) is 17.8. The van der Waals surface area contributed by atoms with Gasteiger partial charge in [-0.25, -0.2) is 0 Å². The standard InChI is InChI=1S/C42H53NO8/c1-3-4-5-6-7-8-9-10-11-12-13-14-15-16-17-18-22-28-36(45)43-37-40(48)39(47)35(30-44)50-42(37)51-41(49)31(2)33-26-23-27-34(29-33)38(46)32-24-20-19-21-25-32/h4-5,7-8,10-11,13-14,16-17,19-21,23-27,29,31,35,37,39-40,42,44,47-48H,3,6,9,12,15,18,22,28,30H2,1-2H3,(H,43,45)/b5-4-,8-7-,11-10-,14-13-,17-16-/t31?,35?,37?,39-,40-,42+/m1/s1. The van der Waals surface area contributed by atoms with Gasteiger partial charge in [-0.05, 0) is 63.5 Å². The van der Waals surface area contributed by atoms with Crippen LogP contribution in [0.2, 0.25) is 0 Å². The second-order valence-electron chi connectivity index (χ2n) is 12.4. The zero-order valence-corrected chi connectivity index (χ0v) is 29.7. The zero-order valence-electron chi connectivity index (χ0n) is 29.7. The van der Waals surface area contributed by atoms with Crippen LogP contribution in [0, 0.1) is 0 Å². The molecule has 1 heterocycles. The van der Waals surface area contributed by atoms with Gasteiger partial charge in [-0.2, -0.15) is 0 Å². The Bertz CT molecular complexity index is 1510. The quantitative estimate of drug-likeness (QED) is 0.0538. The van der Waals surface area contributed by atoms with E-state index in [-0.39, 0.29) is 12.2 Å². The minimum atomic E-state index is -1.56. The maximum Gasteiger partial charge on any atom is 0.315 e. The normalized spacial score (nSPS) is 21.6. The van der Waals surface area contributed by atoms with Gasteiger partial charge in [-0.15, -0.1) is 0 Å². The molecule has 3 rings (SSSR count). The Hall–Kier alpha value is -4.41. The van der Waals surface area contributed by atoms with Gasteiger partial charge in [0.05, 0.1) is 12.5 Å². The van der Waals surface area contributed by atoms with Crippen molar-refractivity contribution >= 4 is 17.7 Å². The van der Waals surface area contributed by atoms with Crippen molar-refractivity contribution in [2.24, 2.45) is 0 Å². The lowest BCUT2D eigenvalue weighted by molar-refractivity contribution is -0.264. The number of hydrogen-bond acceptors (Lipinski definition) is 8. The number of carbonyl (C=O) groups excluding carboxylic acids is 3. The number of amides is 1. The van der Waals surface area contributed by atoms with Gasteiger partial charge in [0.15, 0.2) is 5.78 Å². The zero-order chi connectivity index (χ0) is 36.8. The molecule has 3 unspecified atom stereocenters. The number of carbonyl (C=O) groups is 3. The van der Waals surface area contributed by atoms with Crippen LogP contribution in [0.3, 0.4) is 0 Å². The van der Waals surface area contributed by atoms with Gasteiger partial charge in [0.2, 0.25) is 12.2 Å². The Balaban J connectivity index is 1.47. The highest BCUT2D eigenvalue weighted by atomic mass is 16.7. The van der Waals surface area contributed by atoms with E-state index in [1.54, 1.807) is 55.5 Å². The fraction of sp³-hybridized carbons (Fsp3) is 0.405. The van der Waals surface area contributed by atoms with E-state index in [0.717, 1.165) is 32.1 Å². The molecule has 0 spiro atoms. The fourth-order valence-electron chi connectivity index (χ4n) is 5.40. The molecule has 51 heavy (non-hydrogen) atoms. The number of allylic oxidation sites excluding steroid dienone is 10. The summed E-state index contributed by atoms with van der Waals surface area (Å²) in [5.41, 5.74) is 1.44. The van der Waals surface area contributed by atoms with Crippen LogP contribution in [0.1, 0.15) is 92.6 Å². The molecule has 274 valence electrons. The van der Waals surface area contributed by atoms with Crippen LogP contribution >= 0.6 is 0 Å². The number of hydrogen-bond donors (Lipinski definition) is 4. The fourth-order valence-corrected chi connectivity index (χ4v) is 5.40. The summed E-state index contributed by atoms with van der Waals surface area (Å²) in [5.74, 6) is -2.18. The van der Waals surface area contributed by atoms with Crippen molar-refractivity contribution < 1.29 is 39.2 Å². The van der Waals surface area contributed by atoms with Crippen LogP contribution in [0.4, 0.5) is 0 Å². The molecule has 0 saturated carbocycles. The summed E-state index contributed by atoms with van der Waals surface area (Å²) in [6, 6.07) is 14.2. The third kappa shape index (κ3) is 14.0. The maximum atomic E-state index is 13.3. The number of benzene rings is 2. The monoisotopic (exact) mass is 699 g/mol. The SMILES string of the molecule is CC/C=C\C/C=C\C/C=C\C/C=C\C/C=C\CCCC(=O)NC1[C@H](OC(=O)C(C)c2cccc(C(=O)c3ccccc3)c2)OC(CO)[C@@H](O)[C@@H]1O. The minimum Gasteiger partial charge on any atom is -0.433 e. The van der Waals surface area contributed by atoms with Gasteiger partial charge in [-0.3, -0.25) is 14.4 Å². The van der Waals surface area contributed by atoms with Crippen LogP contribution in [-0.4, -0.2) is 70.2 Å². The average Bonchev–Trinajstić information content (AvgIpc) is 3.15. The molecule has 0 aliphatic carbocycles. The third-order valence-electron chi connectivity index (χ3n) is 8.41. The van der Waals surface area contributed by atoms with Crippen LogP contribution in [-0.2, 0) is 19.1 Å². The van der Waals surface area contributed by atoms with Gasteiger partial charge in [0, 0.05) is 17.5 Å². The van der Waals surface area contributed by atoms with Crippen LogP contribution in [0.25, 0.3) is 0 Å². The van der Waals surface area contributed by atoms with E-state index in [2.05, 4.69) is 60.8 Å². The van der Waals surface area contributed by atoms with Crippen molar-refractivity contribution in [2.45, 2.75) is 102 Å². The molecular weight excluding hydrogens is 646 g/mol. The Morgan fingerprint density at radius 1 is 0.804 bits per heavy atom. The molecular formula is C42H53NO8. The summed E-state index contributed by atoms with van der Waals surface area (Å²) >= 11 is 0. The lowest BCUT2D eigenvalue weighted by Crippen LogP contribution is -2.65. The Kier molecular flexibility index (Phi) is 18.6. The summed E-state index contributed by atoms with van der Waals surface area (Å²) < 4.78 is 11.3. The molecule has 0 aromatic heterocycles. The largest absolute Gasteiger partial charge is 0.433 e. The van der Waals surface area contributed by atoms with E-state index in [4.69, 9.17) is 9.47 Å². The topological polar surface area (TPSA) is 142 Å². The molecule has 0 bridgehead atoms. The van der Waals surface area contributed by atoms with Crippen LogP contribution in [0.5, 0.6) is 0 Å². The molecule has 9 heteroatoms. The molecule has 1 fully saturated rings. The molecule has 4 N–H and O–H groups in total. The molecule has 6 atom stereocenters. The number of aliphatic hydroxyl groups excluding tert-OH is 3. The summed E-state index contributed by atoms with van der Waals surface area (Å²) in [6.45, 7) is 3.09. The van der Waals surface area contributed by atoms with Crippen LogP contribution in [0.15, 0.2) is 115 Å². The average molecular weight is 700 g/mol. The van der Waals surface area contributed by atoms with Crippen LogP contribution < -0.4 is 5.32 Å². The van der Waals surface area contributed by atoms with Crippen molar-refractivity contribution in [3.8, 4) is 0 Å². The second kappa shape index (κ2) is 23.1. The highest BCUT2D eigenvalue weighted by molar-refractivity contribution is 6.09. The van der Waals surface area contributed by atoms with Crippen molar-refractivity contribution in [3.63, 3.8) is 0 Å².